The Labute approximate surface area is 117 Å². The van der Waals surface area contributed by atoms with Gasteiger partial charge >= 0.3 is 0 Å². The van der Waals surface area contributed by atoms with Crippen LogP contribution < -0.4 is 5.32 Å². The summed E-state index contributed by atoms with van der Waals surface area (Å²) in [6.07, 6.45) is 6.34. The maximum Gasteiger partial charge on any atom is 0.0625 e. The molecule has 3 nitrogen and oxygen atoms in total. The predicted octanol–water partition coefficient (Wildman–Crippen LogP) is 3.52. The van der Waals surface area contributed by atoms with Crippen LogP contribution in [0.1, 0.15) is 64.8 Å². The maximum atomic E-state index is 4.61. The molecule has 1 heterocycles. The molecule has 0 atom stereocenters. The highest BCUT2D eigenvalue weighted by atomic mass is 15.3. The molecule has 0 amide bonds. The number of aryl methyl sites for hydroxylation is 2. The second kappa shape index (κ2) is 6.08. The van der Waals surface area contributed by atoms with Gasteiger partial charge in [-0.25, -0.2) is 0 Å². The summed E-state index contributed by atoms with van der Waals surface area (Å²) in [5.41, 5.74) is 3.10. The Morgan fingerprint density at radius 2 is 2.00 bits per heavy atom. The van der Waals surface area contributed by atoms with Crippen LogP contribution in [0.15, 0.2) is 6.07 Å². The first-order chi connectivity index (χ1) is 9.04. The van der Waals surface area contributed by atoms with Gasteiger partial charge in [0, 0.05) is 19.1 Å². The summed E-state index contributed by atoms with van der Waals surface area (Å²) >= 11 is 0. The largest absolute Gasteiger partial charge is 0.308 e. The van der Waals surface area contributed by atoms with Gasteiger partial charge in [0.15, 0.2) is 0 Å². The van der Waals surface area contributed by atoms with Crippen molar-refractivity contribution in [3.8, 4) is 0 Å². The van der Waals surface area contributed by atoms with Crippen LogP contribution in [0.4, 0.5) is 0 Å². The SMILES string of the molecule is CCc1cc(CNC2CCC(C)(C)CC2)n(CC)n1. The van der Waals surface area contributed by atoms with E-state index in [-0.39, 0.29) is 0 Å². The zero-order valence-corrected chi connectivity index (χ0v) is 13.0. The Bertz CT molecular complexity index is 396. The van der Waals surface area contributed by atoms with Crippen LogP contribution in [-0.4, -0.2) is 15.8 Å². The van der Waals surface area contributed by atoms with E-state index in [4.69, 9.17) is 0 Å². The van der Waals surface area contributed by atoms with Crippen molar-refractivity contribution < 1.29 is 0 Å². The average Bonchev–Trinajstić information content (AvgIpc) is 2.80. The van der Waals surface area contributed by atoms with Gasteiger partial charge in [-0.1, -0.05) is 20.8 Å². The number of aromatic nitrogens is 2. The van der Waals surface area contributed by atoms with Crippen LogP contribution in [0.25, 0.3) is 0 Å². The lowest BCUT2D eigenvalue weighted by Gasteiger charge is -2.34. The molecule has 0 radical (unpaired) electrons. The van der Waals surface area contributed by atoms with Gasteiger partial charge in [0.2, 0.25) is 0 Å². The van der Waals surface area contributed by atoms with E-state index in [9.17, 15) is 0 Å². The van der Waals surface area contributed by atoms with Gasteiger partial charge in [-0.15, -0.1) is 0 Å². The van der Waals surface area contributed by atoms with Gasteiger partial charge in [-0.05, 0) is 50.5 Å². The van der Waals surface area contributed by atoms with Crippen molar-refractivity contribution in [3.63, 3.8) is 0 Å². The third-order valence-electron chi connectivity index (χ3n) is 4.49. The van der Waals surface area contributed by atoms with Crippen LogP contribution in [0.2, 0.25) is 0 Å². The van der Waals surface area contributed by atoms with Crippen molar-refractivity contribution in [2.45, 2.75) is 78.9 Å². The topological polar surface area (TPSA) is 29.9 Å². The summed E-state index contributed by atoms with van der Waals surface area (Å²) in [6, 6.07) is 2.95. The van der Waals surface area contributed by atoms with E-state index in [2.05, 4.69) is 48.9 Å². The molecule has 1 aromatic heterocycles. The van der Waals surface area contributed by atoms with Crippen molar-refractivity contribution in [1.29, 1.82) is 0 Å². The normalized spacial score (nSPS) is 19.8. The average molecular weight is 263 g/mol. The summed E-state index contributed by atoms with van der Waals surface area (Å²) in [7, 11) is 0. The van der Waals surface area contributed by atoms with E-state index >= 15 is 0 Å². The van der Waals surface area contributed by atoms with E-state index in [1.165, 1.54) is 37.1 Å². The second-order valence-electron chi connectivity index (χ2n) is 6.62. The molecule has 1 N–H and O–H groups in total. The van der Waals surface area contributed by atoms with E-state index in [0.29, 0.717) is 11.5 Å². The lowest BCUT2D eigenvalue weighted by molar-refractivity contribution is 0.205. The minimum absolute atomic E-state index is 0.554. The highest BCUT2D eigenvalue weighted by Gasteiger charge is 2.26. The molecule has 0 saturated heterocycles. The summed E-state index contributed by atoms with van der Waals surface area (Å²) in [5.74, 6) is 0. The molecule has 0 unspecified atom stereocenters. The van der Waals surface area contributed by atoms with Crippen LogP contribution in [0, 0.1) is 5.41 Å². The standard InChI is InChI=1S/C16H29N3/c1-5-13-11-15(19(6-2)18-13)12-17-14-7-9-16(3,4)10-8-14/h11,14,17H,5-10,12H2,1-4H3. The van der Waals surface area contributed by atoms with Gasteiger partial charge < -0.3 is 5.32 Å². The molecule has 0 aromatic carbocycles. The molecular weight excluding hydrogens is 234 g/mol. The third-order valence-corrected chi connectivity index (χ3v) is 4.49. The van der Waals surface area contributed by atoms with Gasteiger partial charge in [0.25, 0.3) is 0 Å². The highest BCUT2D eigenvalue weighted by Crippen LogP contribution is 2.35. The summed E-state index contributed by atoms with van der Waals surface area (Å²) in [4.78, 5) is 0. The van der Waals surface area contributed by atoms with E-state index in [1.807, 2.05) is 0 Å². The Kier molecular flexibility index (Phi) is 4.67. The van der Waals surface area contributed by atoms with Crippen molar-refractivity contribution in [3.05, 3.63) is 17.5 Å². The third kappa shape index (κ3) is 3.82. The first kappa shape index (κ1) is 14.6. The Morgan fingerprint density at radius 1 is 1.32 bits per heavy atom. The first-order valence-corrected chi connectivity index (χ1v) is 7.83. The Morgan fingerprint density at radius 3 is 2.58 bits per heavy atom. The molecule has 0 bridgehead atoms. The van der Waals surface area contributed by atoms with Gasteiger partial charge in [-0.2, -0.15) is 5.10 Å². The molecule has 3 heteroatoms. The molecule has 108 valence electrons. The minimum atomic E-state index is 0.554. The van der Waals surface area contributed by atoms with Crippen LogP contribution in [0.3, 0.4) is 0 Å². The Balaban J connectivity index is 1.87. The first-order valence-electron chi connectivity index (χ1n) is 7.83. The van der Waals surface area contributed by atoms with Crippen molar-refractivity contribution in [1.82, 2.24) is 15.1 Å². The van der Waals surface area contributed by atoms with E-state index in [0.717, 1.165) is 19.5 Å². The van der Waals surface area contributed by atoms with Crippen molar-refractivity contribution >= 4 is 0 Å². The quantitative estimate of drug-likeness (QED) is 0.881. The molecule has 0 spiro atoms. The van der Waals surface area contributed by atoms with Gasteiger partial charge in [0.05, 0.1) is 11.4 Å². The van der Waals surface area contributed by atoms with Crippen LogP contribution in [0.5, 0.6) is 0 Å². The monoisotopic (exact) mass is 263 g/mol. The van der Waals surface area contributed by atoms with Gasteiger partial charge in [-0.3, -0.25) is 4.68 Å². The van der Waals surface area contributed by atoms with Crippen LogP contribution in [-0.2, 0) is 19.5 Å². The molecule has 0 aliphatic heterocycles. The van der Waals surface area contributed by atoms with Gasteiger partial charge in [0.1, 0.15) is 0 Å². The van der Waals surface area contributed by atoms with E-state index in [1.54, 1.807) is 0 Å². The predicted molar refractivity (Wildman–Crippen MR) is 80.2 cm³/mol. The van der Waals surface area contributed by atoms with E-state index < -0.39 is 0 Å². The zero-order valence-electron chi connectivity index (χ0n) is 13.0. The number of hydrogen-bond donors (Lipinski definition) is 1. The highest BCUT2D eigenvalue weighted by molar-refractivity contribution is 5.10. The second-order valence-corrected chi connectivity index (χ2v) is 6.62. The molecule has 2 rings (SSSR count). The lowest BCUT2D eigenvalue weighted by Crippen LogP contribution is -2.35. The molecule has 1 aliphatic rings. The molecule has 1 aliphatic carbocycles. The fourth-order valence-electron chi connectivity index (χ4n) is 2.96. The summed E-state index contributed by atoms with van der Waals surface area (Å²) in [5, 5.41) is 8.34. The fourth-order valence-corrected chi connectivity index (χ4v) is 2.96. The fraction of sp³-hybridized carbons (Fsp3) is 0.812. The number of nitrogens with one attached hydrogen (secondary N) is 1. The van der Waals surface area contributed by atoms with Crippen molar-refractivity contribution in [2.24, 2.45) is 5.41 Å². The maximum absolute atomic E-state index is 4.61. The smallest absolute Gasteiger partial charge is 0.0625 e. The minimum Gasteiger partial charge on any atom is -0.308 e. The van der Waals surface area contributed by atoms with Crippen LogP contribution >= 0.6 is 0 Å². The molecule has 19 heavy (non-hydrogen) atoms. The molecule has 1 fully saturated rings. The number of nitrogens with zero attached hydrogens (tertiary/aromatic N) is 2. The van der Waals surface area contributed by atoms with Crippen molar-refractivity contribution in [2.75, 3.05) is 0 Å². The Hall–Kier alpha value is -0.830. The number of hydrogen-bond acceptors (Lipinski definition) is 2. The summed E-state index contributed by atoms with van der Waals surface area (Å²) in [6.45, 7) is 11.0. The lowest BCUT2D eigenvalue weighted by atomic mass is 9.75. The molecule has 1 saturated carbocycles. The number of rotatable bonds is 5. The molecular formula is C16H29N3. The molecule has 1 aromatic rings. The summed E-state index contributed by atoms with van der Waals surface area (Å²) < 4.78 is 2.14. The zero-order chi connectivity index (χ0) is 13.9.